The summed E-state index contributed by atoms with van der Waals surface area (Å²) in [5.41, 5.74) is 5.17. The van der Waals surface area contributed by atoms with E-state index in [9.17, 15) is 4.79 Å². The van der Waals surface area contributed by atoms with Crippen LogP contribution in [0.4, 0.5) is 0 Å². The van der Waals surface area contributed by atoms with Crippen molar-refractivity contribution in [2.24, 2.45) is 5.73 Å². The van der Waals surface area contributed by atoms with Crippen LogP contribution in [-0.4, -0.2) is 34.5 Å². The molecule has 4 N–H and O–H groups in total. The van der Waals surface area contributed by atoms with Crippen LogP contribution < -0.4 is 5.73 Å². The van der Waals surface area contributed by atoms with Gasteiger partial charge in [0.2, 0.25) is 0 Å². The highest BCUT2D eigenvalue weighted by Crippen LogP contribution is 2.15. The Morgan fingerprint density at radius 2 is 2.36 bits per heavy atom. The van der Waals surface area contributed by atoms with Crippen molar-refractivity contribution in [3.8, 4) is 0 Å². The van der Waals surface area contributed by atoms with Crippen molar-refractivity contribution >= 4 is 11.9 Å². The van der Waals surface area contributed by atoms with Gasteiger partial charge in [0.05, 0.1) is 0 Å². The van der Waals surface area contributed by atoms with Crippen LogP contribution in [0.25, 0.3) is 0 Å². The molecule has 5 nitrogen and oxygen atoms in total. The van der Waals surface area contributed by atoms with Gasteiger partial charge in [0.1, 0.15) is 6.04 Å². The Morgan fingerprint density at radius 3 is 2.73 bits per heavy atom. The fourth-order valence-corrected chi connectivity index (χ4v) is 1.31. The SMILES string of the molecule is N=C(N)N1CCC[C@H]1C(=O)O. The van der Waals surface area contributed by atoms with Crippen molar-refractivity contribution in [1.29, 1.82) is 5.41 Å². The number of nitrogens with zero attached hydrogens (tertiary/aromatic N) is 1. The number of likely N-dealkylation sites (tertiary alicyclic amines) is 1. The van der Waals surface area contributed by atoms with Gasteiger partial charge < -0.3 is 15.7 Å². The van der Waals surface area contributed by atoms with Crippen LogP contribution in [0.3, 0.4) is 0 Å². The lowest BCUT2D eigenvalue weighted by Crippen LogP contribution is -2.43. The number of guanidine groups is 1. The number of nitrogens with two attached hydrogens (primary N) is 1. The summed E-state index contributed by atoms with van der Waals surface area (Å²) in [6, 6.07) is -0.576. The number of nitrogens with one attached hydrogen (secondary N) is 1. The second-order valence-electron chi connectivity index (χ2n) is 2.57. The van der Waals surface area contributed by atoms with E-state index < -0.39 is 12.0 Å². The molecule has 5 heteroatoms. The standard InChI is InChI=1S/C6H11N3O2/c7-6(8)9-3-1-2-4(9)5(10)11/h4H,1-3H2,(H3,7,8)(H,10,11)/t4-/m0/s1. The summed E-state index contributed by atoms with van der Waals surface area (Å²) < 4.78 is 0. The lowest BCUT2D eigenvalue weighted by Gasteiger charge is -2.20. The third-order valence-electron chi connectivity index (χ3n) is 1.85. The Bertz CT molecular complexity index is 172. The summed E-state index contributed by atoms with van der Waals surface area (Å²) in [5.74, 6) is -1.03. The smallest absolute Gasteiger partial charge is 0.326 e. The maximum absolute atomic E-state index is 10.5. The number of carboxylic acids is 1. The van der Waals surface area contributed by atoms with Crippen LogP contribution >= 0.6 is 0 Å². The third-order valence-corrected chi connectivity index (χ3v) is 1.85. The first-order valence-electron chi connectivity index (χ1n) is 3.46. The molecule has 0 unspecified atom stereocenters. The zero-order valence-electron chi connectivity index (χ0n) is 6.08. The third kappa shape index (κ3) is 1.42. The molecule has 1 fully saturated rings. The molecule has 1 heterocycles. The molecule has 0 aromatic heterocycles. The van der Waals surface area contributed by atoms with Crippen molar-refractivity contribution in [1.82, 2.24) is 4.90 Å². The lowest BCUT2D eigenvalue weighted by atomic mass is 10.2. The van der Waals surface area contributed by atoms with E-state index in [2.05, 4.69) is 0 Å². The second-order valence-corrected chi connectivity index (χ2v) is 2.57. The van der Waals surface area contributed by atoms with Crippen LogP contribution in [0.1, 0.15) is 12.8 Å². The van der Waals surface area contributed by atoms with E-state index in [-0.39, 0.29) is 5.96 Å². The first kappa shape index (κ1) is 7.84. The number of hydrogen-bond donors (Lipinski definition) is 3. The van der Waals surface area contributed by atoms with Gasteiger partial charge in [0.15, 0.2) is 5.96 Å². The molecule has 0 radical (unpaired) electrons. The summed E-state index contributed by atoms with van der Waals surface area (Å²) in [5, 5.41) is 15.7. The zero-order chi connectivity index (χ0) is 8.43. The van der Waals surface area contributed by atoms with Crippen molar-refractivity contribution < 1.29 is 9.90 Å². The Morgan fingerprint density at radius 1 is 1.73 bits per heavy atom. The molecule has 11 heavy (non-hydrogen) atoms. The molecule has 1 aliphatic heterocycles. The minimum Gasteiger partial charge on any atom is -0.480 e. The molecule has 1 atom stereocenters. The van der Waals surface area contributed by atoms with E-state index in [4.69, 9.17) is 16.2 Å². The Balaban J connectivity index is 2.65. The number of carbonyl (C=O) groups is 1. The van der Waals surface area contributed by atoms with Crippen molar-refractivity contribution in [3.63, 3.8) is 0 Å². The summed E-state index contributed by atoms with van der Waals surface area (Å²) in [6.07, 6.45) is 1.39. The average Bonchev–Trinajstić information content (AvgIpc) is 2.32. The summed E-state index contributed by atoms with van der Waals surface area (Å²) in [4.78, 5) is 11.9. The fourth-order valence-electron chi connectivity index (χ4n) is 1.31. The van der Waals surface area contributed by atoms with E-state index >= 15 is 0 Å². The molecule has 1 aliphatic rings. The molecule has 1 saturated heterocycles. The van der Waals surface area contributed by atoms with Crippen molar-refractivity contribution in [2.75, 3.05) is 6.54 Å². The van der Waals surface area contributed by atoms with Gasteiger partial charge >= 0.3 is 5.97 Å². The molecule has 0 aromatic rings. The first-order valence-corrected chi connectivity index (χ1v) is 3.46. The number of aliphatic carboxylic acids is 1. The van der Waals surface area contributed by atoms with Gasteiger partial charge in [-0.1, -0.05) is 0 Å². The van der Waals surface area contributed by atoms with Crippen LogP contribution in [-0.2, 0) is 4.79 Å². The first-order chi connectivity index (χ1) is 5.13. The van der Waals surface area contributed by atoms with Gasteiger partial charge in [0, 0.05) is 6.54 Å². The largest absolute Gasteiger partial charge is 0.480 e. The van der Waals surface area contributed by atoms with Crippen LogP contribution in [0.15, 0.2) is 0 Å². The lowest BCUT2D eigenvalue weighted by molar-refractivity contribution is -0.140. The van der Waals surface area contributed by atoms with Crippen LogP contribution in [0.2, 0.25) is 0 Å². The molecule has 1 rings (SSSR count). The average molecular weight is 157 g/mol. The second kappa shape index (κ2) is 2.77. The topological polar surface area (TPSA) is 90.4 Å². The molecule has 0 saturated carbocycles. The Hall–Kier alpha value is -1.26. The quantitative estimate of drug-likeness (QED) is 0.351. The Labute approximate surface area is 64.3 Å². The van der Waals surface area contributed by atoms with Crippen LogP contribution in [0, 0.1) is 5.41 Å². The molecule has 0 aromatic carbocycles. The molecule has 0 bridgehead atoms. The van der Waals surface area contributed by atoms with E-state index in [1.54, 1.807) is 0 Å². The van der Waals surface area contributed by atoms with Gasteiger partial charge in [-0.2, -0.15) is 0 Å². The van der Waals surface area contributed by atoms with E-state index in [0.717, 1.165) is 6.42 Å². The van der Waals surface area contributed by atoms with Crippen molar-refractivity contribution in [2.45, 2.75) is 18.9 Å². The zero-order valence-corrected chi connectivity index (χ0v) is 6.08. The highest BCUT2D eigenvalue weighted by molar-refractivity contribution is 5.83. The summed E-state index contributed by atoms with van der Waals surface area (Å²) in [6.45, 7) is 0.590. The van der Waals surface area contributed by atoms with Gasteiger partial charge in [0.25, 0.3) is 0 Å². The molecule has 0 aliphatic carbocycles. The van der Waals surface area contributed by atoms with Gasteiger partial charge in [-0.05, 0) is 12.8 Å². The number of carboxylic acid groups (broad SMARTS) is 1. The van der Waals surface area contributed by atoms with E-state index in [0.29, 0.717) is 13.0 Å². The van der Waals surface area contributed by atoms with Gasteiger partial charge in [-0.3, -0.25) is 5.41 Å². The summed E-state index contributed by atoms with van der Waals surface area (Å²) in [7, 11) is 0. The van der Waals surface area contributed by atoms with Crippen LogP contribution in [0.5, 0.6) is 0 Å². The molecule has 0 spiro atoms. The molecular formula is C6H11N3O2. The fraction of sp³-hybridized carbons (Fsp3) is 0.667. The monoisotopic (exact) mass is 157 g/mol. The highest BCUT2D eigenvalue weighted by atomic mass is 16.4. The minimum absolute atomic E-state index is 0.144. The maximum Gasteiger partial charge on any atom is 0.326 e. The van der Waals surface area contributed by atoms with E-state index in [1.807, 2.05) is 0 Å². The van der Waals surface area contributed by atoms with Gasteiger partial charge in [-0.25, -0.2) is 4.79 Å². The maximum atomic E-state index is 10.5. The van der Waals surface area contributed by atoms with Crippen molar-refractivity contribution in [3.05, 3.63) is 0 Å². The minimum atomic E-state index is -0.891. The molecular weight excluding hydrogens is 146 g/mol. The predicted octanol–water partition coefficient (Wildman–Crippen LogP) is -0.571. The molecule has 0 amide bonds. The molecule has 62 valence electrons. The normalized spacial score (nSPS) is 23.6. The highest BCUT2D eigenvalue weighted by Gasteiger charge is 2.30. The number of hydrogen-bond acceptors (Lipinski definition) is 2. The Kier molecular flexibility index (Phi) is 1.98. The van der Waals surface area contributed by atoms with Gasteiger partial charge in [-0.15, -0.1) is 0 Å². The predicted molar refractivity (Wildman–Crippen MR) is 39.3 cm³/mol. The van der Waals surface area contributed by atoms with E-state index in [1.165, 1.54) is 4.90 Å². The summed E-state index contributed by atoms with van der Waals surface area (Å²) >= 11 is 0. The number of rotatable bonds is 1.